The molecular formula is C24H25F3N4O. The number of benzene rings is 1. The van der Waals surface area contributed by atoms with Gasteiger partial charge in [-0.25, -0.2) is 4.79 Å². The number of aromatic nitrogens is 2. The Bertz CT molecular complexity index is 1050. The Morgan fingerprint density at radius 2 is 1.69 bits per heavy atom. The molecule has 32 heavy (non-hydrogen) atoms. The molecule has 0 bridgehead atoms. The van der Waals surface area contributed by atoms with Crippen LogP contribution in [0.5, 0.6) is 0 Å². The van der Waals surface area contributed by atoms with E-state index in [4.69, 9.17) is 0 Å². The first-order valence-electron chi connectivity index (χ1n) is 10.1. The molecular weight excluding hydrogens is 417 g/mol. The molecule has 0 saturated heterocycles. The number of hydrogen-bond acceptors (Lipinski definition) is 3. The Morgan fingerprint density at radius 3 is 2.28 bits per heavy atom. The molecule has 0 spiro atoms. The number of hydrogen-bond donors (Lipinski definition) is 2. The topological polar surface area (TPSA) is 66.9 Å². The van der Waals surface area contributed by atoms with Crippen LogP contribution in [0.25, 0.3) is 0 Å². The number of nitrogens with one attached hydrogen (secondary N) is 2. The zero-order chi connectivity index (χ0) is 23.4. The van der Waals surface area contributed by atoms with Crippen LogP contribution in [0.4, 0.5) is 23.7 Å². The van der Waals surface area contributed by atoms with Crippen molar-refractivity contribution in [1.82, 2.24) is 15.3 Å². The Kier molecular flexibility index (Phi) is 6.81. The van der Waals surface area contributed by atoms with Crippen molar-refractivity contribution in [2.24, 2.45) is 5.41 Å². The molecule has 2 heterocycles. The number of halogens is 3. The molecule has 0 fully saturated rings. The maximum absolute atomic E-state index is 13.0. The Labute approximate surface area is 185 Å². The van der Waals surface area contributed by atoms with Crippen LogP contribution in [-0.2, 0) is 12.6 Å². The molecule has 1 aromatic carbocycles. The second-order valence-corrected chi connectivity index (χ2v) is 8.68. The zero-order valence-corrected chi connectivity index (χ0v) is 18.1. The van der Waals surface area contributed by atoms with Gasteiger partial charge in [-0.1, -0.05) is 39.0 Å². The first kappa shape index (κ1) is 23.2. The summed E-state index contributed by atoms with van der Waals surface area (Å²) in [6, 6.07) is 10.6. The summed E-state index contributed by atoms with van der Waals surface area (Å²) in [4.78, 5) is 21.2. The highest BCUT2D eigenvalue weighted by Crippen LogP contribution is 2.32. The summed E-state index contributed by atoms with van der Waals surface area (Å²) in [7, 11) is 0. The van der Waals surface area contributed by atoms with E-state index in [1.54, 1.807) is 24.5 Å². The first-order chi connectivity index (χ1) is 15.0. The van der Waals surface area contributed by atoms with Gasteiger partial charge in [-0.15, -0.1) is 0 Å². The molecule has 3 aromatic rings. The number of amides is 2. The number of carbonyl (C=O) groups excluding carboxylic acids is 1. The number of anilines is 1. The number of carbonyl (C=O) groups is 1. The van der Waals surface area contributed by atoms with Crippen molar-refractivity contribution in [3.8, 4) is 0 Å². The van der Waals surface area contributed by atoms with E-state index in [1.165, 1.54) is 18.3 Å². The first-order valence-corrected chi connectivity index (χ1v) is 10.1. The monoisotopic (exact) mass is 442 g/mol. The van der Waals surface area contributed by atoms with Gasteiger partial charge >= 0.3 is 12.2 Å². The molecule has 0 saturated carbocycles. The largest absolute Gasteiger partial charge is 0.416 e. The predicted molar refractivity (Wildman–Crippen MR) is 117 cm³/mol. The number of pyridine rings is 2. The summed E-state index contributed by atoms with van der Waals surface area (Å²) in [6.45, 7) is 6.25. The minimum Gasteiger partial charge on any atom is -0.325 e. The average molecular weight is 442 g/mol. The summed E-state index contributed by atoms with van der Waals surface area (Å²) in [5, 5.41) is 5.56. The predicted octanol–water partition coefficient (Wildman–Crippen LogP) is 6.00. The highest BCUT2D eigenvalue weighted by molar-refractivity contribution is 5.89. The lowest BCUT2D eigenvalue weighted by Crippen LogP contribution is -2.34. The lowest BCUT2D eigenvalue weighted by Gasteiger charge is -2.25. The number of rotatable bonds is 5. The Morgan fingerprint density at radius 1 is 1.00 bits per heavy atom. The third-order valence-electron chi connectivity index (χ3n) is 4.69. The van der Waals surface area contributed by atoms with Gasteiger partial charge in [-0.2, -0.15) is 13.2 Å². The third-order valence-corrected chi connectivity index (χ3v) is 4.69. The summed E-state index contributed by atoms with van der Waals surface area (Å²) >= 11 is 0. The van der Waals surface area contributed by atoms with Crippen molar-refractivity contribution in [1.29, 1.82) is 0 Å². The number of urea groups is 1. The fourth-order valence-electron chi connectivity index (χ4n) is 3.34. The highest BCUT2D eigenvalue weighted by atomic mass is 19.4. The van der Waals surface area contributed by atoms with Crippen LogP contribution in [0.3, 0.4) is 0 Å². The third kappa shape index (κ3) is 6.29. The lowest BCUT2D eigenvalue weighted by atomic mass is 9.85. The molecule has 0 aliphatic heterocycles. The van der Waals surface area contributed by atoms with Gasteiger partial charge in [0, 0.05) is 12.4 Å². The van der Waals surface area contributed by atoms with Gasteiger partial charge in [0.15, 0.2) is 0 Å². The van der Waals surface area contributed by atoms with Gasteiger partial charge in [-0.3, -0.25) is 9.97 Å². The van der Waals surface area contributed by atoms with Crippen molar-refractivity contribution in [2.45, 2.75) is 39.4 Å². The molecule has 5 nitrogen and oxygen atoms in total. The van der Waals surface area contributed by atoms with E-state index in [2.05, 4.69) is 41.4 Å². The quantitative estimate of drug-likeness (QED) is 0.510. The molecule has 1 unspecified atom stereocenters. The van der Waals surface area contributed by atoms with Crippen molar-refractivity contribution in [3.05, 3.63) is 89.5 Å². The summed E-state index contributed by atoms with van der Waals surface area (Å²) in [5.74, 6) is 0. The smallest absolute Gasteiger partial charge is 0.325 e. The summed E-state index contributed by atoms with van der Waals surface area (Å²) in [5.41, 5.74) is 1.67. The maximum atomic E-state index is 13.0. The van der Waals surface area contributed by atoms with E-state index >= 15 is 0 Å². The van der Waals surface area contributed by atoms with Crippen LogP contribution in [0.15, 0.2) is 67.1 Å². The van der Waals surface area contributed by atoms with Crippen LogP contribution in [0.2, 0.25) is 0 Å². The minimum absolute atomic E-state index is 0.0551. The molecule has 0 aliphatic carbocycles. The van der Waals surface area contributed by atoms with Crippen molar-refractivity contribution >= 4 is 11.7 Å². The van der Waals surface area contributed by atoms with Gasteiger partial charge in [0.25, 0.3) is 0 Å². The fourth-order valence-corrected chi connectivity index (χ4v) is 3.34. The fraction of sp³-hybridized carbons (Fsp3) is 0.292. The molecule has 0 aliphatic rings. The van der Waals surface area contributed by atoms with Gasteiger partial charge in [-0.05, 0) is 53.3 Å². The second-order valence-electron chi connectivity index (χ2n) is 8.68. The minimum atomic E-state index is -4.44. The molecule has 2 N–H and O–H groups in total. The maximum Gasteiger partial charge on any atom is 0.416 e. The molecule has 0 radical (unpaired) electrons. The van der Waals surface area contributed by atoms with Crippen LogP contribution in [0.1, 0.15) is 49.2 Å². The number of nitrogens with zero attached hydrogens (tertiary/aromatic N) is 2. The van der Waals surface area contributed by atoms with Crippen molar-refractivity contribution in [2.75, 3.05) is 5.32 Å². The van der Waals surface area contributed by atoms with Crippen molar-refractivity contribution < 1.29 is 18.0 Å². The van der Waals surface area contributed by atoms with Crippen LogP contribution in [0, 0.1) is 5.41 Å². The van der Waals surface area contributed by atoms with E-state index in [1.807, 2.05) is 12.1 Å². The van der Waals surface area contributed by atoms with E-state index in [0.29, 0.717) is 23.4 Å². The molecule has 168 valence electrons. The lowest BCUT2D eigenvalue weighted by molar-refractivity contribution is -0.137. The summed E-state index contributed by atoms with van der Waals surface area (Å²) in [6.07, 6.45) is 0.930. The highest BCUT2D eigenvalue weighted by Gasteiger charge is 2.31. The zero-order valence-electron chi connectivity index (χ0n) is 18.1. The molecule has 3 rings (SSSR count). The van der Waals surface area contributed by atoms with E-state index in [9.17, 15) is 18.0 Å². The number of alkyl halides is 3. The summed E-state index contributed by atoms with van der Waals surface area (Å²) < 4.78 is 39.1. The van der Waals surface area contributed by atoms with Gasteiger partial charge < -0.3 is 10.6 Å². The standard InChI is InChI=1S/C24H25F3N4O/c1-23(2,3)14-17-6-4-13-29-20(17)21(16-8-10-18(11-9-16)24(25,26)27)31-22(32)30-19-7-5-12-28-15-19/h4-13,15,21H,14H2,1-3H3,(H2,30,31,32). The molecule has 8 heteroatoms. The van der Waals surface area contributed by atoms with E-state index in [0.717, 1.165) is 17.7 Å². The SMILES string of the molecule is CC(C)(C)Cc1cccnc1C(NC(=O)Nc1cccnc1)c1ccc(C(F)(F)F)cc1. The Hall–Kier alpha value is -3.42. The Balaban J connectivity index is 1.97. The molecule has 1 atom stereocenters. The van der Waals surface area contributed by atoms with Gasteiger partial charge in [0.1, 0.15) is 0 Å². The molecule has 2 aromatic heterocycles. The van der Waals surface area contributed by atoms with Gasteiger partial charge in [0.05, 0.1) is 29.2 Å². The van der Waals surface area contributed by atoms with E-state index < -0.39 is 23.8 Å². The van der Waals surface area contributed by atoms with Gasteiger partial charge in [0.2, 0.25) is 0 Å². The normalized spacial score (nSPS) is 12.8. The van der Waals surface area contributed by atoms with Crippen molar-refractivity contribution in [3.63, 3.8) is 0 Å². The second kappa shape index (κ2) is 9.38. The molecule has 2 amide bonds. The van der Waals surface area contributed by atoms with Crippen LogP contribution >= 0.6 is 0 Å². The van der Waals surface area contributed by atoms with Crippen LogP contribution in [-0.4, -0.2) is 16.0 Å². The van der Waals surface area contributed by atoms with Crippen LogP contribution < -0.4 is 10.6 Å². The van der Waals surface area contributed by atoms with E-state index in [-0.39, 0.29) is 5.41 Å². The average Bonchev–Trinajstić information content (AvgIpc) is 2.72.